The third-order valence-corrected chi connectivity index (χ3v) is 8.51. The normalized spacial score (nSPS) is 27.6. The molecule has 2 fully saturated rings. The number of alkyl halides is 3. The maximum atomic E-state index is 14.2. The lowest BCUT2D eigenvalue weighted by Gasteiger charge is -2.39. The number of nitriles is 1. The Hall–Kier alpha value is -3.13. The first kappa shape index (κ1) is 29.8. The summed E-state index contributed by atoms with van der Waals surface area (Å²) in [5.41, 5.74) is -0.134. The molecule has 3 heterocycles. The third-order valence-electron chi connectivity index (χ3n) is 8.51. The van der Waals surface area contributed by atoms with Gasteiger partial charge in [-0.2, -0.15) is 18.4 Å². The molecule has 0 radical (unpaired) electrons. The number of rotatable bonds is 5. The highest BCUT2D eigenvalue weighted by Gasteiger charge is 2.57. The maximum Gasteiger partial charge on any atom is 0.404 e. The number of nitrogens with one attached hydrogen (secondary N) is 1. The Kier molecular flexibility index (Phi) is 7.73. The van der Waals surface area contributed by atoms with Gasteiger partial charge in [0.25, 0.3) is 0 Å². The Balaban J connectivity index is 1.65. The minimum atomic E-state index is -4.47. The number of carbonyl (C=O) groups is 3. The molecule has 40 heavy (non-hydrogen) atoms. The van der Waals surface area contributed by atoms with Crippen molar-refractivity contribution in [2.45, 2.75) is 102 Å². The van der Waals surface area contributed by atoms with Gasteiger partial charge in [0, 0.05) is 31.7 Å². The van der Waals surface area contributed by atoms with E-state index in [0.29, 0.717) is 5.69 Å². The van der Waals surface area contributed by atoms with Crippen LogP contribution in [0.15, 0.2) is 24.3 Å². The number of likely N-dealkylation sites (tertiary alicyclic amines) is 2. The van der Waals surface area contributed by atoms with Gasteiger partial charge in [-0.15, -0.1) is 0 Å². The molecule has 0 aromatic heterocycles. The summed E-state index contributed by atoms with van der Waals surface area (Å²) >= 11 is 0. The SMILES string of the molecule is CC(C)N1[C@H](C(=O)N(C)[C@@H](CC(C)(C)C)C(=O)N2C[C@]3(CC2C#N)C(=O)Nc2ccccc23)CC[C@@H]1C(F)(F)F. The molecule has 2 saturated heterocycles. The first-order valence-electron chi connectivity index (χ1n) is 13.7. The van der Waals surface area contributed by atoms with E-state index < -0.39 is 59.0 Å². The molecule has 1 spiro atoms. The fourth-order valence-electron chi connectivity index (χ4n) is 6.67. The molecule has 218 valence electrons. The summed E-state index contributed by atoms with van der Waals surface area (Å²) in [6, 6.07) is 4.17. The lowest BCUT2D eigenvalue weighted by molar-refractivity contribution is -0.185. The number of halogens is 3. The van der Waals surface area contributed by atoms with Crippen molar-refractivity contribution < 1.29 is 27.6 Å². The van der Waals surface area contributed by atoms with Crippen LogP contribution >= 0.6 is 0 Å². The summed E-state index contributed by atoms with van der Waals surface area (Å²) < 4.78 is 41.4. The second-order valence-corrected chi connectivity index (χ2v) is 12.8. The number of amides is 3. The number of hydrogen-bond acceptors (Lipinski definition) is 5. The molecule has 8 nitrogen and oxygen atoms in total. The monoisotopic (exact) mass is 561 g/mol. The lowest BCUT2D eigenvalue weighted by atomic mass is 9.80. The molecule has 0 bridgehead atoms. The lowest BCUT2D eigenvalue weighted by Crippen LogP contribution is -2.58. The van der Waals surface area contributed by atoms with Crippen LogP contribution in [0.25, 0.3) is 0 Å². The minimum absolute atomic E-state index is 0.0206. The van der Waals surface area contributed by atoms with Crippen LogP contribution in [0.5, 0.6) is 0 Å². The summed E-state index contributed by atoms with van der Waals surface area (Å²) in [7, 11) is 1.46. The Labute approximate surface area is 233 Å². The van der Waals surface area contributed by atoms with Gasteiger partial charge in [0.05, 0.1) is 17.5 Å². The minimum Gasteiger partial charge on any atom is -0.332 e. The van der Waals surface area contributed by atoms with Crippen LogP contribution in [0.4, 0.5) is 18.9 Å². The van der Waals surface area contributed by atoms with Crippen molar-refractivity contribution in [3.8, 4) is 6.07 Å². The number of fused-ring (bicyclic) bond motifs is 2. The molecule has 11 heteroatoms. The van der Waals surface area contributed by atoms with Crippen LogP contribution in [-0.2, 0) is 19.8 Å². The highest BCUT2D eigenvalue weighted by atomic mass is 19.4. The molecule has 1 N–H and O–H groups in total. The smallest absolute Gasteiger partial charge is 0.332 e. The molecule has 3 aliphatic rings. The van der Waals surface area contributed by atoms with Crippen LogP contribution in [-0.4, -0.2) is 82.4 Å². The van der Waals surface area contributed by atoms with Crippen LogP contribution < -0.4 is 5.32 Å². The van der Waals surface area contributed by atoms with E-state index in [9.17, 15) is 32.8 Å². The van der Waals surface area contributed by atoms with E-state index in [4.69, 9.17) is 0 Å². The van der Waals surface area contributed by atoms with E-state index in [0.717, 1.165) is 5.56 Å². The molecular weight excluding hydrogens is 523 g/mol. The summed E-state index contributed by atoms with van der Waals surface area (Å²) in [5.74, 6) is -1.31. The highest BCUT2D eigenvalue weighted by molar-refractivity contribution is 6.07. The Bertz CT molecular complexity index is 1220. The first-order valence-corrected chi connectivity index (χ1v) is 13.7. The van der Waals surface area contributed by atoms with Crippen molar-refractivity contribution in [1.82, 2.24) is 14.7 Å². The summed E-state index contributed by atoms with van der Waals surface area (Å²) in [5, 5.41) is 12.9. The van der Waals surface area contributed by atoms with Gasteiger partial charge in [0.2, 0.25) is 17.7 Å². The quantitative estimate of drug-likeness (QED) is 0.585. The van der Waals surface area contributed by atoms with E-state index in [1.54, 1.807) is 32.0 Å². The third kappa shape index (κ3) is 5.18. The number of anilines is 1. The zero-order valence-corrected chi connectivity index (χ0v) is 23.9. The average molecular weight is 562 g/mol. The Morgan fingerprint density at radius 1 is 1.20 bits per heavy atom. The molecule has 1 unspecified atom stereocenters. The molecule has 5 atom stereocenters. The second-order valence-electron chi connectivity index (χ2n) is 12.8. The molecule has 0 aliphatic carbocycles. The largest absolute Gasteiger partial charge is 0.404 e. The predicted octanol–water partition coefficient (Wildman–Crippen LogP) is 4.07. The zero-order chi connectivity index (χ0) is 29.8. The molecule has 0 saturated carbocycles. The van der Waals surface area contributed by atoms with Crippen molar-refractivity contribution in [2.75, 3.05) is 18.9 Å². The summed E-state index contributed by atoms with van der Waals surface area (Å²) in [6.07, 6.45) is -4.28. The van der Waals surface area contributed by atoms with Gasteiger partial charge in [0.1, 0.15) is 18.1 Å². The van der Waals surface area contributed by atoms with Crippen molar-refractivity contribution in [3.05, 3.63) is 29.8 Å². The van der Waals surface area contributed by atoms with Crippen molar-refractivity contribution in [2.24, 2.45) is 5.41 Å². The fourth-order valence-corrected chi connectivity index (χ4v) is 6.67. The van der Waals surface area contributed by atoms with Gasteiger partial charge in [0.15, 0.2) is 0 Å². The van der Waals surface area contributed by atoms with Crippen LogP contribution in [0.2, 0.25) is 0 Å². The Morgan fingerprint density at radius 3 is 2.42 bits per heavy atom. The molecule has 3 amide bonds. The van der Waals surface area contributed by atoms with Gasteiger partial charge >= 0.3 is 6.18 Å². The maximum absolute atomic E-state index is 14.2. The number of carbonyl (C=O) groups excluding carboxylic acids is 3. The van der Waals surface area contributed by atoms with E-state index in [-0.39, 0.29) is 38.1 Å². The van der Waals surface area contributed by atoms with Gasteiger partial charge in [-0.25, -0.2) is 0 Å². The number of hydrogen-bond donors (Lipinski definition) is 1. The van der Waals surface area contributed by atoms with E-state index in [1.165, 1.54) is 21.7 Å². The molecule has 1 aromatic rings. The molecule has 1 aromatic carbocycles. The van der Waals surface area contributed by atoms with Crippen molar-refractivity contribution in [3.63, 3.8) is 0 Å². The Morgan fingerprint density at radius 2 is 1.85 bits per heavy atom. The first-order chi connectivity index (χ1) is 18.5. The molecular formula is C29H38F3N5O3. The summed E-state index contributed by atoms with van der Waals surface area (Å²) in [4.78, 5) is 45.1. The van der Waals surface area contributed by atoms with Crippen LogP contribution in [0.1, 0.15) is 65.9 Å². The number of para-hydroxylation sites is 1. The predicted molar refractivity (Wildman–Crippen MR) is 143 cm³/mol. The standard InChI is InChI=1S/C29H38F3N5O3/c1-17(2)37-21(11-12-23(37)29(30,31)32)24(38)35(6)22(14-27(3,4)5)25(39)36-16-28(13-18(36)15-33)19-9-7-8-10-20(19)34-26(28)40/h7-10,17-18,21-23H,11-14,16H2,1-6H3,(H,34,40)/t18?,21-,22-,23+,28-/m0/s1. The van der Waals surface area contributed by atoms with Gasteiger partial charge < -0.3 is 15.1 Å². The van der Waals surface area contributed by atoms with Crippen LogP contribution in [0.3, 0.4) is 0 Å². The van der Waals surface area contributed by atoms with Crippen LogP contribution in [0, 0.1) is 16.7 Å². The van der Waals surface area contributed by atoms with Gasteiger partial charge in [-0.05, 0) is 50.2 Å². The highest BCUT2D eigenvalue weighted by Crippen LogP contribution is 2.47. The van der Waals surface area contributed by atoms with Crippen molar-refractivity contribution >= 4 is 23.4 Å². The number of benzene rings is 1. The van der Waals surface area contributed by atoms with Crippen molar-refractivity contribution in [1.29, 1.82) is 5.26 Å². The number of likely N-dealkylation sites (N-methyl/N-ethyl adjacent to an activating group) is 1. The second kappa shape index (κ2) is 10.4. The number of nitrogens with zero attached hydrogens (tertiary/aromatic N) is 4. The van der Waals surface area contributed by atoms with E-state index in [2.05, 4.69) is 11.4 Å². The van der Waals surface area contributed by atoms with Gasteiger partial charge in [-0.1, -0.05) is 39.0 Å². The molecule has 3 aliphatic heterocycles. The van der Waals surface area contributed by atoms with E-state index in [1.807, 2.05) is 26.8 Å². The van der Waals surface area contributed by atoms with Gasteiger partial charge in [-0.3, -0.25) is 19.3 Å². The zero-order valence-electron chi connectivity index (χ0n) is 23.9. The topological polar surface area (TPSA) is 96.8 Å². The average Bonchev–Trinajstić information content (AvgIpc) is 3.55. The molecule has 4 rings (SSSR count). The van der Waals surface area contributed by atoms with E-state index >= 15 is 0 Å². The summed E-state index contributed by atoms with van der Waals surface area (Å²) in [6.45, 7) is 8.98. The fraction of sp³-hybridized carbons (Fsp3) is 0.655.